The summed E-state index contributed by atoms with van der Waals surface area (Å²) in [5.41, 5.74) is 0. The third-order valence-corrected chi connectivity index (χ3v) is 5.42. The Morgan fingerprint density at radius 2 is 2.11 bits per heavy atom. The Bertz CT molecular complexity index is 486. The minimum absolute atomic E-state index is 0.207. The molecule has 1 heterocycles. The van der Waals surface area contributed by atoms with Crippen molar-refractivity contribution in [1.29, 1.82) is 0 Å². The molecule has 1 atom stereocenters. The van der Waals surface area contributed by atoms with Crippen molar-refractivity contribution < 1.29 is 8.42 Å². The molecule has 1 N–H and O–H groups in total. The van der Waals surface area contributed by atoms with Crippen LogP contribution in [-0.2, 0) is 10.0 Å². The number of pyridine rings is 1. The van der Waals surface area contributed by atoms with Gasteiger partial charge in [-0.1, -0.05) is 6.92 Å². The lowest BCUT2D eigenvalue weighted by Gasteiger charge is -2.15. The van der Waals surface area contributed by atoms with Crippen molar-refractivity contribution in [2.24, 2.45) is 0 Å². The first kappa shape index (κ1) is 16.3. The Balaban J connectivity index is 2.72. The standard InChI is InChI=1S/C12H21N3O2S2/c1-5-18-9-10(2)14-12-7-6-11(8-13-12)19(16,17)15(3)4/h6-8,10H,5,9H2,1-4H3,(H,13,14). The van der Waals surface area contributed by atoms with Gasteiger partial charge in [0.05, 0.1) is 0 Å². The van der Waals surface area contributed by atoms with Crippen molar-refractivity contribution in [3.8, 4) is 0 Å². The van der Waals surface area contributed by atoms with E-state index < -0.39 is 10.0 Å². The van der Waals surface area contributed by atoms with Crippen molar-refractivity contribution in [2.75, 3.05) is 30.9 Å². The van der Waals surface area contributed by atoms with E-state index in [1.165, 1.54) is 24.6 Å². The fraction of sp³-hybridized carbons (Fsp3) is 0.583. The molecular weight excluding hydrogens is 282 g/mol. The average molecular weight is 303 g/mol. The van der Waals surface area contributed by atoms with Gasteiger partial charge in [-0.25, -0.2) is 17.7 Å². The van der Waals surface area contributed by atoms with Crippen LogP contribution in [0.25, 0.3) is 0 Å². The lowest BCUT2D eigenvalue weighted by atomic mass is 10.4. The molecule has 0 spiro atoms. The van der Waals surface area contributed by atoms with E-state index in [0.29, 0.717) is 11.9 Å². The zero-order chi connectivity index (χ0) is 14.5. The van der Waals surface area contributed by atoms with E-state index in [0.717, 1.165) is 11.5 Å². The van der Waals surface area contributed by atoms with Crippen LogP contribution in [0.4, 0.5) is 5.82 Å². The largest absolute Gasteiger partial charge is 0.367 e. The molecule has 0 aliphatic carbocycles. The van der Waals surface area contributed by atoms with Crippen molar-refractivity contribution in [2.45, 2.75) is 24.8 Å². The Morgan fingerprint density at radius 1 is 1.42 bits per heavy atom. The summed E-state index contributed by atoms with van der Waals surface area (Å²) in [6, 6.07) is 3.57. The number of nitrogens with one attached hydrogen (secondary N) is 1. The SMILES string of the molecule is CCSCC(C)Nc1ccc(S(=O)(=O)N(C)C)cn1. The minimum atomic E-state index is -3.40. The molecule has 0 radical (unpaired) electrons. The number of sulfonamides is 1. The third kappa shape index (κ3) is 4.67. The van der Waals surface area contributed by atoms with Gasteiger partial charge < -0.3 is 5.32 Å². The van der Waals surface area contributed by atoms with Crippen molar-refractivity contribution in [1.82, 2.24) is 9.29 Å². The Labute approximate surface area is 119 Å². The number of hydrogen-bond acceptors (Lipinski definition) is 5. The summed E-state index contributed by atoms with van der Waals surface area (Å²) in [6.45, 7) is 4.20. The maximum atomic E-state index is 11.9. The van der Waals surface area contributed by atoms with E-state index in [4.69, 9.17) is 0 Å². The van der Waals surface area contributed by atoms with Crippen LogP contribution in [0, 0.1) is 0 Å². The second-order valence-electron chi connectivity index (χ2n) is 4.37. The Hall–Kier alpha value is -0.790. The second-order valence-corrected chi connectivity index (χ2v) is 7.84. The van der Waals surface area contributed by atoms with Gasteiger partial charge in [0, 0.05) is 32.1 Å². The predicted octanol–water partition coefficient (Wildman–Crippen LogP) is 1.89. The number of thioether (sulfide) groups is 1. The van der Waals surface area contributed by atoms with Crippen molar-refractivity contribution in [3.63, 3.8) is 0 Å². The summed E-state index contributed by atoms with van der Waals surface area (Å²) in [5, 5.41) is 3.24. The highest BCUT2D eigenvalue weighted by molar-refractivity contribution is 7.99. The second kappa shape index (κ2) is 7.12. The van der Waals surface area contributed by atoms with Crippen LogP contribution in [0.15, 0.2) is 23.2 Å². The zero-order valence-electron chi connectivity index (χ0n) is 11.8. The number of rotatable bonds is 7. The molecule has 0 aliphatic rings. The molecular formula is C12H21N3O2S2. The summed E-state index contributed by atoms with van der Waals surface area (Å²) in [6.07, 6.45) is 1.39. The highest BCUT2D eigenvalue weighted by Crippen LogP contribution is 2.15. The number of nitrogens with zero attached hydrogens (tertiary/aromatic N) is 2. The number of aromatic nitrogens is 1. The van der Waals surface area contributed by atoms with Gasteiger partial charge in [-0.15, -0.1) is 0 Å². The summed E-state index contributed by atoms with van der Waals surface area (Å²) in [7, 11) is -0.386. The molecule has 108 valence electrons. The maximum Gasteiger partial charge on any atom is 0.244 e. The van der Waals surface area contributed by atoms with Gasteiger partial charge in [-0.05, 0) is 24.8 Å². The molecule has 0 aliphatic heterocycles. The van der Waals surface area contributed by atoms with E-state index in [9.17, 15) is 8.42 Å². The smallest absolute Gasteiger partial charge is 0.244 e. The molecule has 1 aromatic rings. The molecule has 0 fully saturated rings. The predicted molar refractivity (Wildman–Crippen MR) is 81.2 cm³/mol. The van der Waals surface area contributed by atoms with Gasteiger partial charge in [0.15, 0.2) is 0 Å². The minimum Gasteiger partial charge on any atom is -0.367 e. The third-order valence-electron chi connectivity index (χ3n) is 2.48. The molecule has 7 heteroatoms. The van der Waals surface area contributed by atoms with Crippen LogP contribution in [0.1, 0.15) is 13.8 Å². The van der Waals surface area contributed by atoms with E-state index in [1.54, 1.807) is 12.1 Å². The topological polar surface area (TPSA) is 62.3 Å². The van der Waals surface area contributed by atoms with E-state index >= 15 is 0 Å². The lowest BCUT2D eigenvalue weighted by molar-refractivity contribution is 0.520. The Kier molecular flexibility index (Phi) is 6.09. The molecule has 0 saturated heterocycles. The summed E-state index contributed by atoms with van der Waals surface area (Å²) >= 11 is 1.85. The van der Waals surface area contributed by atoms with E-state index in [-0.39, 0.29) is 4.90 Å². The molecule has 0 bridgehead atoms. The Morgan fingerprint density at radius 3 is 2.58 bits per heavy atom. The fourth-order valence-electron chi connectivity index (χ4n) is 1.42. The molecule has 19 heavy (non-hydrogen) atoms. The molecule has 1 rings (SSSR count). The fourth-order valence-corrected chi connectivity index (χ4v) is 2.94. The van der Waals surface area contributed by atoms with Gasteiger partial charge >= 0.3 is 0 Å². The van der Waals surface area contributed by atoms with E-state index in [2.05, 4.69) is 24.1 Å². The molecule has 1 unspecified atom stereocenters. The van der Waals surface area contributed by atoms with Gasteiger partial charge in [0.1, 0.15) is 10.7 Å². The van der Waals surface area contributed by atoms with Crippen LogP contribution < -0.4 is 5.32 Å². The van der Waals surface area contributed by atoms with Crippen molar-refractivity contribution >= 4 is 27.6 Å². The first-order valence-corrected chi connectivity index (χ1v) is 8.70. The molecule has 0 saturated carbocycles. The number of hydrogen-bond donors (Lipinski definition) is 1. The average Bonchev–Trinajstić information content (AvgIpc) is 2.36. The molecule has 1 aromatic heterocycles. The quantitative estimate of drug-likeness (QED) is 0.833. The molecule has 5 nitrogen and oxygen atoms in total. The van der Waals surface area contributed by atoms with Crippen molar-refractivity contribution in [3.05, 3.63) is 18.3 Å². The zero-order valence-corrected chi connectivity index (χ0v) is 13.4. The van der Waals surface area contributed by atoms with E-state index in [1.807, 2.05) is 11.8 Å². The van der Waals surface area contributed by atoms with Gasteiger partial charge in [0.2, 0.25) is 10.0 Å². The lowest BCUT2D eigenvalue weighted by Crippen LogP contribution is -2.23. The van der Waals surface area contributed by atoms with Crippen LogP contribution in [0.3, 0.4) is 0 Å². The van der Waals surface area contributed by atoms with Crippen LogP contribution in [0.2, 0.25) is 0 Å². The summed E-state index contributed by atoms with van der Waals surface area (Å²) in [4.78, 5) is 4.36. The number of anilines is 1. The molecule has 0 amide bonds. The van der Waals surface area contributed by atoms with Crippen LogP contribution >= 0.6 is 11.8 Å². The van der Waals surface area contributed by atoms with Gasteiger partial charge in [0.25, 0.3) is 0 Å². The molecule has 0 aromatic carbocycles. The highest BCUT2D eigenvalue weighted by Gasteiger charge is 2.17. The first-order valence-electron chi connectivity index (χ1n) is 6.10. The van der Waals surface area contributed by atoms with Gasteiger partial charge in [-0.2, -0.15) is 11.8 Å². The summed E-state index contributed by atoms with van der Waals surface area (Å²) < 4.78 is 24.9. The normalized spacial score (nSPS) is 13.5. The monoisotopic (exact) mass is 303 g/mol. The highest BCUT2D eigenvalue weighted by atomic mass is 32.2. The first-order chi connectivity index (χ1) is 8.87. The summed E-state index contributed by atoms with van der Waals surface area (Å²) in [5.74, 6) is 2.77. The van der Waals surface area contributed by atoms with Gasteiger partial charge in [-0.3, -0.25) is 0 Å². The van der Waals surface area contributed by atoms with Crippen LogP contribution in [0.5, 0.6) is 0 Å². The maximum absolute atomic E-state index is 11.9. The van der Waals surface area contributed by atoms with Crippen LogP contribution in [-0.4, -0.2) is 49.3 Å².